The molecule has 2 N–H and O–H groups in total. The third-order valence-electron chi connectivity index (χ3n) is 7.91. The molecule has 38 heavy (non-hydrogen) atoms. The van der Waals surface area contributed by atoms with E-state index in [-0.39, 0.29) is 17.6 Å². The molecule has 4 aromatic rings. The molecule has 1 aromatic carbocycles. The van der Waals surface area contributed by atoms with Gasteiger partial charge < -0.3 is 18.8 Å². The Bertz CT molecular complexity index is 1480. The van der Waals surface area contributed by atoms with Crippen molar-refractivity contribution in [2.75, 3.05) is 13.2 Å². The molecule has 1 saturated heterocycles. The Morgan fingerprint density at radius 3 is 2.63 bits per heavy atom. The van der Waals surface area contributed by atoms with Gasteiger partial charge in [0.2, 0.25) is 5.82 Å². The first kappa shape index (κ1) is 25.2. The van der Waals surface area contributed by atoms with Crippen molar-refractivity contribution >= 4 is 22.8 Å². The molecule has 0 bridgehead atoms. The fraction of sp³-hybridized carbons (Fsp3) is 0.519. The summed E-state index contributed by atoms with van der Waals surface area (Å²) in [6.07, 6.45) is 5.39. The lowest BCUT2D eigenvalue weighted by atomic mass is 9.83. The Kier molecular flexibility index (Phi) is 7.03. The van der Waals surface area contributed by atoms with Crippen LogP contribution in [-0.4, -0.2) is 48.0 Å². The molecule has 2 aliphatic rings. The molecular formula is C27H31ClN6O4. The van der Waals surface area contributed by atoms with Gasteiger partial charge in [-0.1, -0.05) is 43.5 Å². The van der Waals surface area contributed by atoms with E-state index in [1.807, 2.05) is 18.2 Å². The Morgan fingerprint density at radius 1 is 1.13 bits per heavy atom. The van der Waals surface area contributed by atoms with E-state index < -0.39 is 11.9 Å². The normalized spacial score (nSPS) is 21.7. The van der Waals surface area contributed by atoms with Crippen molar-refractivity contribution in [3.8, 4) is 23.0 Å². The summed E-state index contributed by atoms with van der Waals surface area (Å²) in [4.78, 5) is 26.0. The van der Waals surface area contributed by atoms with Crippen LogP contribution in [0.5, 0.6) is 0 Å². The van der Waals surface area contributed by atoms with Gasteiger partial charge in [0.05, 0.1) is 0 Å². The Labute approximate surface area is 224 Å². The Morgan fingerprint density at radius 2 is 1.92 bits per heavy atom. The summed E-state index contributed by atoms with van der Waals surface area (Å²) < 4.78 is 12.8. The van der Waals surface area contributed by atoms with Crippen molar-refractivity contribution in [1.29, 1.82) is 0 Å². The molecular weight excluding hydrogens is 508 g/mol. The van der Waals surface area contributed by atoms with Gasteiger partial charge in [-0.2, -0.15) is 0 Å². The average Bonchev–Trinajstić information content (AvgIpc) is 3.53. The van der Waals surface area contributed by atoms with Crippen LogP contribution < -0.4 is 5.76 Å². The number of nitrogens with zero attached hydrogens (tertiary/aromatic N) is 5. The summed E-state index contributed by atoms with van der Waals surface area (Å²) >= 11 is 6.38. The van der Waals surface area contributed by atoms with Crippen molar-refractivity contribution in [2.45, 2.75) is 58.1 Å². The molecule has 4 heterocycles. The molecule has 0 spiro atoms. The first-order chi connectivity index (χ1) is 18.5. The van der Waals surface area contributed by atoms with Crippen LogP contribution in [0.4, 0.5) is 0 Å². The van der Waals surface area contributed by atoms with Crippen molar-refractivity contribution < 1.29 is 14.3 Å². The summed E-state index contributed by atoms with van der Waals surface area (Å²) in [5.74, 6) is 1.23. The average molecular weight is 539 g/mol. The smallest absolute Gasteiger partial charge is 0.385 e. The summed E-state index contributed by atoms with van der Waals surface area (Å²) in [6.45, 7) is 4.27. The number of H-pyrrole nitrogens is 1. The monoisotopic (exact) mass is 538 g/mol. The van der Waals surface area contributed by atoms with Gasteiger partial charge in [0.1, 0.15) is 23.1 Å². The molecule has 10 nitrogen and oxygen atoms in total. The summed E-state index contributed by atoms with van der Waals surface area (Å²) in [7, 11) is 0. The number of aromatic amines is 1. The number of fused-ring (bicyclic) bond motifs is 1. The number of benzene rings is 1. The van der Waals surface area contributed by atoms with Gasteiger partial charge in [-0.15, -0.1) is 5.10 Å². The van der Waals surface area contributed by atoms with E-state index in [9.17, 15) is 9.90 Å². The lowest BCUT2D eigenvalue weighted by Gasteiger charge is -2.30. The first-order valence-corrected chi connectivity index (χ1v) is 13.7. The van der Waals surface area contributed by atoms with E-state index in [0.29, 0.717) is 47.9 Å². The molecule has 2 fully saturated rings. The van der Waals surface area contributed by atoms with Gasteiger partial charge in [0.15, 0.2) is 5.65 Å². The highest BCUT2D eigenvalue weighted by molar-refractivity contribution is 6.30. The number of hydrogen-bond donors (Lipinski definition) is 2. The van der Waals surface area contributed by atoms with Crippen molar-refractivity contribution in [2.24, 2.45) is 17.8 Å². The number of ether oxygens (including phenoxy) is 1. The topological polar surface area (TPSA) is 132 Å². The molecule has 1 saturated carbocycles. The highest BCUT2D eigenvalue weighted by Crippen LogP contribution is 2.38. The SMILES string of the molecule is C[C@H]1CC[C@H](Cn2c(C(O)C3CCOCC3)nc3nc(-c4n[nH]c(=O)o4)nc(-c4cccc(Cl)c4)c32)CC1. The molecule has 1 atom stereocenters. The number of rotatable bonds is 6. The highest BCUT2D eigenvalue weighted by atomic mass is 35.5. The van der Waals surface area contributed by atoms with Gasteiger partial charge in [0.25, 0.3) is 5.89 Å². The predicted molar refractivity (Wildman–Crippen MR) is 142 cm³/mol. The number of hydrogen-bond acceptors (Lipinski definition) is 8. The van der Waals surface area contributed by atoms with Crippen LogP contribution in [0.25, 0.3) is 34.1 Å². The number of halogens is 1. The third-order valence-corrected chi connectivity index (χ3v) is 8.15. The molecule has 200 valence electrons. The zero-order valence-electron chi connectivity index (χ0n) is 21.3. The quantitative estimate of drug-likeness (QED) is 0.358. The van der Waals surface area contributed by atoms with E-state index in [1.54, 1.807) is 6.07 Å². The molecule has 0 amide bonds. The second-order valence-corrected chi connectivity index (χ2v) is 11.0. The van der Waals surface area contributed by atoms with E-state index in [1.165, 1.54) is 12.8 Å². The standard InChI is InChI=1S/C27H31ClN6O4/c1-15-5-7-16(8-6-15)14-34-21-20(18-3-2-4-19(28)13-18)29-24(26-32-33-27(36)38-26)30-23(21)31-25(34)22(35)17-9-11-37-12-10-17/h2-4,13,15-17,22,35H,5-12,14H2,1H3,(H,33,36)/t15-,16-,22?. The number of nitrogens with one attached hydrogen (secondary N) is 1. The van der Waals surface area contributed by atoms with E-state index in [4.69, 9.17) is 30.7 Å². The number of imidazole rings is 1. The van der Waals surface area contributed by atoms with Crippen molar-refractivity contribution in [3.63, 3.8) is 0 Å². The largest absolute Gasteiger partial charge is 0.434 e. The lowest BCUT2D eigenvalue weighted by molar-refractivity contribution is 0.00228. The molecule has 1 unspecified atom stereocenters. The summed E-state index contributed by atoms with van der Waals surface area (Å²) in [5.41, 5.74) is 2.52. The molecule has 3 aromatic heterocycles. The minimum Gasteiger partial charge on any atom is -0.385 e. The van der Waals surface area contributed by atoms with Crippen LogP contribution in [0.15, 0.2) is 33.5 Å². The van der Waals surface area contributed by atoms with E-state index in [0.717, 1.165) is 42.7 Å². The van der Waals surface area contributed by atoms with Crippen molar-refractivity contribution in [3.05, 3.63) is 45.7 Å². The van der Waals surface area contributed by atoms with Gasteiger partial charge in [-0.3, -0.25) is 0 Å². The number of aliphatic hydroxyl groups is 1. The maximum atomic E-state index is 11.7. The first-order valence-electron chi connectivity index (χ1n) is 13.3. The van der Waals surface area contributed by atoms with Gasteiger partial charge in [-0.25, -0.2) is 24.8 Å². The summed E-state index contributed by atoms with van der Waals surface area (Å²) in [6, 6.07) is 7.42. The van der Waals surface area contributed by atoms with Crippen LogP contribution in [0, 0.1) is 17.8 Å². The summed E-state index contributed by atoms with van der Waals surface area (Å²) in [5, 5.41) is 18.4. The van der Waals surface area contributed by atoms with Crippen LogP contribution >= 0.6 is 11.6 Å². The predicted octanol–water partition coefficient (Wildman–Crippen LogP) is 4.78. The van der Waals surface area contributed by atoms with Crippen LogP contribution in [0.1, 0.15) is 57.4 Å². The van der Waals surface area contributed by atoms with Crippen LogP contribution in [0.3, 0.4) is 0 Å². The van der Waals surface area contributed by atoms with Crippen molar-refractivity contribution in [1.82, 2.24) is 29.7 Å². The molecule has 11 heteroatoms. The molecule has 1 aliphatic carbocycles. The molecule has 0 radical (unpaired) electrons. The minimum atomic E-state index is -0.769. The van der Waals surface area contributed by atoms with Gasteiger partial charge in [-0.05, 0) is 55.6 Å². The maximum Gasteiger partial charge on any atom is 0.434 e. The minimum absolute atomic E-state index is 0.0254. The third kappa shape index (κ3) is 5.00. The molecule has 1 aliphatic heterocycles. The lowest BCUT2D eigenvalue weighted by Crippen LogP contribution is -2.26. The van der Waals surface area contributed by atoms with Crippen LogP contribution in [-0.2, 0) is 11.3 Å². The second kappa shape index (κ2) is 10.6. The van der Waals surface area contributed by atoms with E-state index in [2.05, 4.69) is 26.7 Å². The zero-order chi connectivity index (χ0) is 26.2. The maximum absolute atomic E-state index is 11.7. The Balaban J connectivity index is 1.55. The van der Waals surface area contributed by atoms with E-state index >= 15 is 0 Å². The number of aromatic nitrogens is 6. The Hall–Kier alpha value is -3.08. The van der Waals surface area contributed by atoms with Crippen LogP contribution in [0.2, 0.25) is 5.02 Å². The number of aliphatic hydroxyl groups excluding tert-OH is 1. The molecule has 6 rings (SSSR count). The zero-order valence-corrected chi connectivity index (χ0v) is 22.0. The van der Waals surface area contributed by atoms with Gasteiger partial charge >= 0.3 is 5.76 Å². The fourth-order valence-electron chi connectivity index (χ4n) is 5.73. The highest BCUT2D eigenvalue weighted by Gasteiger charge is 2.32. The fourth-order valence-corrected chi connectivity index (χ4v) is 5.92. The second-order valence-electron chi connectivity index (χ2n) is 10.6. The van der Waals surface area contributed by atoms with Gasteiger partial charge in [0, 0.05) is 30.3 Å².